The van der Waals surface area contributed by atoms with Crippen LogP contribution >= 0.6 is 11.6 Å². The number of nitrogens with one attached hydrogen (secondary N) is 1. The first kappa shape index (κ1) is 19.7. The van der Waals surface area contributed by atoms with Crippen molar-refractivity contribution in [3.63, 3.8) is 0 Å². The van der Waals surface area contributed by atoms with Crippen LogP contribution in [0.15, 0.2) is 42.5 Å². The summed E-state index contributed by atoms with van der Waals surface area (Å²) < 4.78 is 5.32. The number of benzene rings is 2. The molecule has 2 fully saturated rings. The van der Waals surface area contributed by atoms with Crippen molar-refractivity contribution in [3.05, 3.63) is 53.1 Å². The Labute approximate surface area is 175 Å². The van der Waals surface area contributed by atoms with Gasteiger partial charge < -0.3 is 14.5 Å². The van der Waals surface area contributed by atoms with E-state index in [1.807, 2.05) is 31.2 Å². The second-order valence-electron chi connectivity index (χ2n) is 7.60. The molecule has 152 valence electrons. The lowest BCUT2D eigenvalue weighted by Gasteiger charge is -2.35. The number of amides is 2. The van der Waals surface area contributed by atoms with Gasteiger partial charge in [0.25, 0.3) is 5.91 Å². The number of anilines is 2. The van der Waals surface area contributed by atoms with Crippen LogP contribution in [-0.2, 0) is 9.59 Å². The maximum Gasteiger partial charge on any atom is 0.292 e. The molecule has 2 aromatic carbocycles. The molecule has 7 heteroatoms. The monoisotopic (exact) mass is 414 g/mol. The van der Waals surface area contributed by atoms with Crippen LogP contribution < -0.4 is 19.4 Å². The summed E-state index contributed by atoms with van der Waals surface area (Å²) in [5.74, 6) is 0.569. The molecule has 0 aromatic heterocycles. The summed E-state index contributed by atoms with van der Waals surface area (Å²) in [4.78, 5) is 30.6. The number of aryl methyl sites for hydroxylation is 1. The molecule has 0 aliphatic carbocycles. The van der Waals surface area contributed by atoms with Gasteiger partial charge in [0.15, 0.2) is 6.04 Å². The molecule has 1 atom stereocenters. The molecule has 2 saturated heterocycles. The van der Waals surface area contributed by atoms with Gasteiger partial charge in [-0.1, -0.05) is 23.7 Å². The minimum absolute atomic E-state index is 0.120. The number of quaternary nitrogens is 1. The molecule has 4 rings (SSSR count). The smallest absolute Gasteiger partial charge is 0.292 e. The zero-order chi connectivity index (χ0) is 20.5. The Hall–Kier alpha value is -2.57. The Kier molecular flexibility index (Phi) is 5.48. The first-order valence-corrected chi connectivity index (χ1v) is 10.2. The first-order valence-electron chi connectivity index (χ1n) is 9.84. The van der Waals surface area contributed by atoms with Gasteiger partial charge >= 0.3 is 0 Å². The third-order valence-corrected chi connectivity index (χ3v) is 6.11. The number of hydrogen-bond donors (Lipinski definition) is 1. The lowest BCUT2D eigenvalue weighted by molar-refractivity contribution is -0.915. The average molecular weight is 415 g/mol. The van der Waals surface area contributed by atoms with Gasteiger partial charge in [0.2, 0.25) is 5.91 Å². The zero-order valence-corrected chi connectivity index (χ0v) is 17.4. The highest BCUT2D eigenvalue weighted by atomic mass is 35.5. The van der Waals surface area contributed by atoms with E-state index in [0.29, 0.717) is 10.7 Å². The van der Waals surface area contributed by atoms with Gasteiger partial charge in [-0.05, 0) is 36.8 Å². The highest BCUT2D eigenvalue weighted by Crippen LogP contribution is 2.28. The van der Waals surface area contributed by atoms with Crippen molar-refractivity contribution in [1.29, 1.82) is 0 Å². The molecule has 0 radical (unpaired) electrons. The summed E-state index contributed by atoms with van der Waals surface area (Å²) in [6.07, 6.45) is 0.249. The van der Waals surface area contributed by atoms with Crippen LogP contribution in [0.2, 0.25) is 5.02 Å². The summed E-state index contributed by atoms with van der Waals surface area (Å²) in [6.45, 7) is 5.17. The summed E-state index contributed by atoms with van der Waals surface area (Å²) in [5, 5.41) is 0.522. The number of carbonyl (C=O) groups is 2. The van der Waals surface area contributed by atoms with Gasteiger partial charge in [0.05, 0.1) is 45.4 Å². The summed E-state index contributed by atoms with van der Waals surface area (Å²) >= 11 is 6.10. The third-order valence-electron chi connectivity index (χ3n) is 5.88. The fourth-order valence-electron chi connectivity index (χ4n) is 4.24. The van der Waals surface area contributed by atoms with E-state index in [4.69, 9.17) is 16.3 Å². The van der Waals surface area contributed by atoms with Gasteiger partial charge in [-0.3, -0.25) is 9.59 Å². The van der Waals surface area contributed by atoms with Gasteiger partial charge in [0, 0.05) is 16.8 Å². The predicted octanol–water partition coefficient (Wildman–Crippen LogP) is 1.69. The Bertz CT molecular complexity index is 941. The second kappa shape index (κ2) is 8.05. The maximum atomic E-state index is 13.1. The summed E-state index contributed by atoms with van der Waals surface area (Å²) in [5.41, 5.74) is 2.59. The number of imide groups is 1. The second-order valence-corrected chi connectivity index (χ2v) is 8.04. The lowest BCUT2D eigenvalue weighted by atomic mass is 10.1. The Morgan fingerprint density at radius 2 is 1.86 bits per heavy atom. The summed E-state index contributed by atoms with van der Waals surface area (Å²) in [7, 11) is 1.66. The molecule has 29 heavy (non-hydrogen) atoms. The van der Waals surface area contributed by atoms with Crippen LogP contribution in [0.4, 0.5) is 11.4 Å². The third kappa shape index (κ3) is 3.82. The summed E-state index contributed by atoms with van der Waals surface area (Å²) in [6, 6.07) is 13.0. The normalized spacial score (nSPS) is 20.4. The number of carbonyl (C=O) groups excluding carboxylic acids is 2. The van der Waals surface area contributed by atoms with Gasteiger partial charge in [0.1, 0.15) is 5.75 Å². The molecule has 2 aliphatic heterocycles. The zero-order valence-electron chi connectivity index (χ0n) is 16.7. The van der Waals surface area contributed by atoms with Crippen molar-refractivity contribution in [3.8, 4) is 5.75 Å². The van der Waals surface area contributed by atoms with E-state index in [1.165, 1.54) is 9.80 Å². The number of nitrogens with zero attached hydrogens (tertiary/aromatic N) is 2. The molecular weight excluding hydrogens is 390 g/mol. The van der Waals surface area contributed by atoms with Crippen LogP contribution in [-0.4, -0.2) is 51.1 Å². The minimum atomic E-state index is -0.326. The van der Waals surface area contributed by atoms with E-state index in [0.717, 1.165) is 43.2 Å². The number of halogens is 1. The van der Waals surface area contributed by atoms with Gasteiger partial charge in [-0.25, -0.2) is 4.90 Å². The standard InChI is InChI=1S/C22H24ClN3O3/c1-15-6-7-16(23)12-19(15)26-21(27)14-20(22(26)28)25-10-8-24(9-11-25)17-4-3-5-18(13-17)29-2/h3-7,12-13,20H,8-11,14H2,1-2H3/p+1/t20-/m0/s1. The van der Waals surface area contributed by atoms with E-state index < -0.39 is 0 Å². The van der Waals surface area contributed by atoms with E-state index in [9.17, 15) is 9.59 Å². The SMILES string of the molecule is COc1cccc(N2CC[NH+]([C@H]3CC(=O)N(c4cc(Cl)ccc4C)C3=O)CC2)c1. The van der Waals surface area contributed by atoms with E-state index in [2.05, 4.69) is 11.0 Å². The molecule has 0 spiro atoms. The number of methoxy groups -OCH3 is 1. The van der Waals surface area contributed by atoms with Gasteiger partial charge in [-0.15, -0.1) is 0 Å². The highest BCUT2D eigenvalue weighted by molar-refractivity contribution is 6.31. The predicted molar refractivity (Wildman–Crippen MR) is 113 cm³/mol. The van der Waals surface area contributed by atoms with E-state index in [1.54, 1.807) is 19.2 Å². The number of piperazine rings is 1. The van der Waals surface area contributed by atoms with Gasteiger partial charge in [-0.2, -0.15) is 0 Å². The Morgan fingerprint density at radius 1 is 1.10 bits per heavy atom. The van der Waals surface area contributed by atoms with Crippen molar-refractivity contribution in [1.82, 2.24) is 0 Å². The molecule has 1 N–H and O–H groups in total. The van der Waals surface area contributed by atoms with E-state index in [-0.39, 0.29) is 24.3 Å². The lowest BCUT2D eigenvalue weighted by Crippen LogP contribution is -3.19. The number of rotatable bonds is 4. The molecule has 2 amide bonds. The molecule has 0 bridgehead atoms. The van der Waals surface area contributed by atoms with Crippen LogP contribution in [0, 0.1) is 6.92 Å². The number of ether oxygens (including phenoxy) is 1. The molecule has 0 saturated carbocycles. The van der Waals surface area contributed by atoms with Crippen molar-refractivity contribution >= 4 is 34.8 Å². The molecule has 0 unspecified atom stereocenters. The quantitative estimate of drug-likeness (QED) is 0.774. The van der Waals surface area contributed by atoms with Crippen LogP contribution in [0.5, 0.6) is 5.75 Å². The topological polar surface area (TPSA) is 54.3 Å². The van der Waals surface area contributed by atoms with Crippen molar-refractivity contribution in [2.75, 3.05) is 43.1 Å². The van der Waals surface area contributed by atoms with Crippen LogP contribution in [0.3, 0.4) is 0 Å². The molecule has 2 heterocycles. The van der Waals surface area contributed by atoms with Crippen molar-refractivity contribution < 1.29 is 19.2 Å². The van der Waals surface area contributed by atoms with Crippen LogP contribution in [0.25, 0.3) is 0 Å². The molecule has 2 aliphatic rings. The number of hydrogen-bond acceptors (Lipinski definition) is 4. The molecular formula is C22H25ClN3O3+. The van der Waals surface area contributed by atoms with E-state index >= 15 is 0 Å². The fraction of sp³-hybridized carbons (Fsp3) is 0.364. The Balaban J connectivity index is 1.46. The minimum Gasteiger partial charge on any atom is -0.497 e. The van der Waals surface area contributed by atoms with Crippen molar-refractivity contribution in [2.24, 2.45) is 0 Å². The van der Waals surface area contributed by atoms with Crippen molar-refractivity contribution in [2.45, 2.75) is 19.4 Å². The first-order chi connectivity index (χ1) is 14.0. The average Bonchev–Trinajstić information content (AvgIpc) is 3.04. The molecule has 6 nitrogen and oxygen atoms in total. The Morgan fingerprint density at radius 3 is 2.59 bits per heavy atom. The largest absolute Gasteiger partial charge is 0.497 e. The maximum absolute atomic E-state index is 13.1. The van der Waals surface area contributed by atoms with Crippen LogP contribution in [0.1, 0.15) is 12.0 Å². The highest BCUT2D eigenvalue weighted by Gasteiger charge is 2.46. The fourth-order valence-corrected chi connectivity index (χ4v) is 4.40. The molecule has 2 aromatic rings.